The SMILES string of the molecule is Cc1ccccc1S(=O)(=O)N1CCN(C(O)=C2C=CC=C2)CC1. The van der Waals surface area contributed by atoms with Crippen LogP contribution in [-0.4, -0.2) is 48.9 Å². The van der Waals surface area contributed by atoms with Gasteiger partial charge in [0.1, 0.15) is 0 Å². The lowest BCUT2D eigenvalue weighted by Gasteiger charge is -2.35. The van der Waals surface area contributed by atoms with Gasteiger partial charge in [-0.15, -0.1) is 0 Å². The number of allylic oxidation sites excluding steroid dienone is 5. The maximum Gasteiger partial charge on any atom is 0.243 e. The fourth-order valence-corrected chi connectivity index (χ4v) is 4.48. The average Bonchev–Trinajstić information content (AvgIpc) is 3.09. The van der Waals surface area contributed by atoms with Gasteiger partial charge in [0.15, 0.2) is 5.88 Å². The minimum Gasteiger partial charge on any atom is -0.494 e. The molecular weight excluding hydrogens is 312 g/mol. The van der Waals surface area contributed by atoms with Gasteiger partial charge in [0.05, 0.1) is 4.90 Å². The Morgan fingerprint density at radius 1 is 1.04 bits per heavy atom. The van der Waals surface area contributed by atoms with Gasteiger partial charge in [-0.05, 0) is 30.7 Å². The van der Waals surface area contributed by atoms with Crippen LogP contribution >= 0.6 is 0 Å². The van der Waals surface area contributed by atoms with Crippen LogP contribution in [0.4, 0.5) is 0 Å². The van der Waals surface area contributed by atoms with Gasteiger partial charge in [-0.25, -0.2) is 8.42 Å². The summed E-state index contributed by atoms with van der Waals surface area (Å²) in [6.07, 6.45) is 7.41. The van der Waals surface area contributed by atoms with Crippen molar-refractivity contribution in [3.63, 3.8) is 0 Å². The molecule has 0 radical (unpaired) electrons. The summed E-state index contributed by atoms with van der Waals surface area (Å²) in [5.74, 6) is 0.211. The molecule has 2 aliphatic rings. The number of hydrogen-bond donors (Lipinski definition) is 1. The van der Waals surface area contributed by atoms with Crippen molar-refractivity contribution in [2.45, 2.75) is 11.8 Å². The van der Waals surface area contributed by atoms with Crippen LogP contribution < -0.4 is 0 Å². The topological polar surface area (TPSA) is 60.9 Å². The van der Waals surface area contributed by atoms with E-state index in [1.165, 1.54) is 4.31 Å². The summed E-state index contributed by atoms with van der Waals surface area (Å²) < 4.78 is 27.0. The lowest BCUT2D eigenvalue weighted by Crippen LogP contribution is -2.48. The summed E-state index contributed by atoms with van der Waals surface area (Å²) in [4.78, 5) is 2.18. The van der Waals surface area contributed by atoms with Crippen LogP contribution in [0.3, 0.4) is 0 Å². The molecule has 6 heteroatoms. The van der Waals surface area contributed by atoms with E-state index in [0.29, 0.717) is 31.1 Å². The van der Waals surface area contributed by atoms with E-state index in [-0.39, 0.29) is 5.88 Å². The molecule has 1 aromatic carbocycles. The van der Waals surface area contributed by atoms with E-state index < -0.39 is 10.0 Å². The van der Waals surface area contributed by atoms with Gasteiger partial charge in [-0.2, -0.15) is 4.31 Å². The fourth-order valence-electron chi connectivity index (χ4n) is 2.83. The van der Waals surface area contributed by atoms with Crippen molar-refractivity contribution in [3.8, 4) is 0 Å². The van der Waals surface area contributed by atoms with Gasteiger partial charge in [0, 0.05) is 31.8 Å². The monoisotopic (exact) mass is 332 g/mol. The third kappa shape index (κ3) is 3.04. The van der Waals surface area contributed by atoms with Crippen molar-refractivity contribution >= 4 is 10.0 Å². The van der Waals surface area contributed by atoms with Crippen LogP contribution in [0, 0.1) is 6.92 Å². The normalized spacial score (nSPS) is 18.7. The van der Waals surface area contributed by atoms with Crippen LogP contribution in [0.15, 0.2) is 64.9 Å². The lowest BCUT2D eigenvalue weighted by atomic mass is 10.2. The largest absolute Gasteiger partial charge is 0.494 e. The molecule has 0 aromatic heterocycles. The third-order valence-electron chi connectivity index (χ3n) is 4.17. The van der Waals surface area contributed by atoms with Crippen molar-refractivity contribution in [1.29, 1.82) is 0 Å². The van der Waals surface area contributed by atoms with Crippen LogP contribution in [-0.2, 0) is 10.0 Å². The molecule has 1 aliphatic heterocycles. The van der Waals surface area contributed by atoms with E-state index in [1.54, 1.807) is 25.1 Å². The van der Waals surface area contributed by atoms with E-state index in [9.17, 15) is 13.5 Å². The predicted octanol–water partition coefficient (Wildman–Crippen LogP) is 2.20. The van der Waals surface area contributed by atoms with Gasteiger partial charge >= 0.3 is 0 Å². The summed E-state index contributed by atoms with van der Waals surface area (Å²) >= 11 is 0. The molecule has 3 rings (SSSR count). The van der Waals surface area contributed by atoms with E-state index in [4.69, 9.17) is 0 Å². The first-order valence-electron chi connectivity index (χ1n) is 7.59. The second-order valence-electron chi connectivity index (χ2n) is 5.65. The Morgan fingerprint density at radius 3 is 2.26 bits per heavy atom. The number of piperazine rings is 1. The van der Waals surface area contributed by atoms with Crippen LogP contribution in [0.5, 0.6) is 0 Å². The standard InChI is InChI=1S/C17H20N2O3S/c1-14-6-2-5-9-16(14)23(21,22)19-12-10-18(11-13-19)17(20)15-7-3-4-8-15/h2-9,20H,10-13H2,1H3. The van der Waals surface area contributed by atoms with Crippen LogP contribution in [0.25, 0.3) is 0 Å². The number of benzene rings is 1. The summed E-state index contributed by atoms with van der Waals surface area (Å²) in [6.45, 7) is 3.48. The first-order valence-corrected chi connectivity index (χ1v) is 9.03. The quantitative estimate of drug-likeness (QED) is 0.862. The van der Waals surface area contributed by atoms with E-state index in [2.05, 4.69) is 0 Å². The minimum atomic E-state index is -3.48. The molecule has 5 nitrogen and oxygen atoms in total. The first kappa shape index (κ1) is 15.8. The molecule has 1 saturated heterocycles. The zero-order valence-electron chi connectivity index (χ0n) is 13.0. The Kier molecular flexibility index (Phi) is 4.28. The van der Waals surface area contributed by atoms with E-state index in [1.807, 2.05) is 35.3 Å². The summed E-state index contributed by atoms with van der Waals surface area (Å²) in [5.41, 5.74) is 1.52. The molecule has 1 aromatic rings. The molecule has 23 heavy (non-hydrogen) atoms. The Hall–Kier alpha value is -2.05. The number of sulfonamides is 1. The zero-order chi connectivity index (χ0) is 16.4. The molecule has 1 heterocycles. The second kappa shape index (κ2) is 6.22. The Labute approximate surface area is 136 Å². The van der Waals surface area contributed by atoms with E-state index >= 15 is 0 Å². The third-order valence-corrected chi connectivity index (χ3v) is 6.23. The molecule has 0 unspecified atom stereocenters. The molecule has 0 bridgehead atoms. The summed E-state index contributed by atoms with van der Waals surface area (Å²) in [6, 6.07) is 7.02. The van der Waals surface area contributed by atoms with Crippen molar-refractivity contribution in [3.05, 3.63) is 65.6 Å². The number of aliphatic hydroxyl groups is 1. The number of aryl methyl sites for hydroxylation is 1. The maximum absolute atomic E-state index is 12.8. The molecule has 0 saturated carbocycles. The molecule has 1 N–H and O–H groups in total. The predicted molar refractivity (Wildman–Crippen MR) is 89.4 cm³/mol. The Morgan fingerprint density at radius 2 is 1.65 bits per heavy atom. The highest BCUT2D eigenvalue weighted by atomic mass is 32.2. The number of aliphatic hydroxyl groups excluding tert-OH is 1. The van der Waals surface area contributed by atoms with Crippen LogP contribution in [0.1, 0.15) is 5.56 Å². The van der Waals surface area contributed by atoms with Gasteiger partial charge in [-0.3, -0.25) is 0 Å². The molecular formula is C17H20N2O3S. The van der Waals surface area contributed by atoms with Gasteiger partial charge in [-0.1, -0.05) is 30.4 Å². The Bertz CT molecular complexity index is 772. The average molecular weight is 332 g/mol. The van der Waals surface area contributed by atoms with Crippen molar-refractivity contribution in [2.75, 3.05) is 26.2 Å². The van der Waals surface area contributed by atoms with Gasteiger partial charge in [0.25, 0.3) is 0 Å². The van der Waals surface area contributed by atoms with Crippen LogP contribution in [0.2, 0.25) is 0 Å². The maximum atomic E-state index is 12.8. The first-order chi connectivity index (χ1) is 11.0. The van der Waals surface area contributed by atoms with Gasteiger partial charge < -0.3 is 10.0 Å². The highest BCUT2D eigenvalue weighted by Crippen LogP contribution is 2.22. The minimum absolute atomic E-state index is 0.211. The lowest BCUT2D eigenvalue weighted by molar-refractivity contribution is 0.150. The van der Waals surface area contributed by atoms with Crippen molar-refractivity contribution in [1.82, 2.24) is 9.21 Å². The number of hydrogen-bond acceptors (Lipinski definition) is 4. The van der Waals surface area contributed by atoms with E-state index in [0.717, 1.165) is 11.1 Å². The van der Waals surface area contributed by atoms with Gasteiger partial charge in [0.2, 0.25) is 10.0 Å². The van der Waals surface area contributed by atoms with Crippen molar-refractivity contribution < 1.29 is 13.5 Å². The molecule has 0 atom stereocenters. The molecule has 0 spiro atoms. The second-order valence-corrected chi connectivity index (χ2v) is 7.56. The zero-order valence-corrected chi connectivity index (χ0v) is 13.8. The molecule has 1 aliphatic carbocycles. The molecule has 1 fully saturated rings. The number of nitrogens with zero attached hydrogens (tertiary/aromatic N) is 2. The smallest absolute Gasteiger partial charge is 0.243 e. The molecule has 122 valence electrons. The summed E-state index contributed by atoms with van der Waals surface area (Å²) in [5, 5.41) is 10.3. The fraction of sp³-hybridized carbons (Fsp3) is 0.294. The van der Waals surface area contributed by atoms with Crippen molar-refractivity contribution in [2.24, 2.45) is 0 Å². The number of rotatable bonds is 3. The molecule has 0 amide bonds. The highest BCUT2D eigenvalue weighted by molar-refractivity contribution is 7.89. The highest BCUT2D eigenvalue weighted by Gasteiger charge is 2.30. The summed E-state index contributed by atoms with van der Waals surface area (Å²) in [7, 11) is -3.48. The Balaban J connectivity index is 1.74.